The molecule has 3 nitrogen and oxygen atoms in total. The summed E-state index contributed by atoms with van der Waals surface area (Å²) in [6.07, 6.45) is 1.36. The van der Waals surface area contributed by atoms with Crippen LogP contribution in [0.1, 0.15) is 29.2 Å². The van der Waals surface area contributed by atoms with Gasteiger partial charge in [-0.15, -0.1) is 0 Å². The van der Waals surface area contributed by atoms with E-state index in [0.29, 0.717) is 13.0 Å². The highest BCUT2D eigenvalue weighted by Crippen LogP contribution is 2.31. The van der Waals surface area contributed by atoms with Gasteiger partial charge in [0.1, 0.15) is 0 Å². The van der Waals surface area contributed by atoms with Crippen LogP contribution in [0, 0.1) is 6.92 Å². The molecule has 1 heterocycles. The van der Waals surface area contributed by atoms with E-state index >= 15 is 0 Å². The highest BCUT2D eigenvalue weighted by Gasteiger charge is 2.20. The van der Waals surface area contributed by atoms with Gasteiger partial charge in [0, 0.05) is 0 Å². The number of nitrogens with zero attached hydrogens (tertiary/aromatic N) is 2. The summed E-state index contributed by atoms with van der Waals surface area (Å²) in [6, 6.07) is 24.6. The Hall–Kier alpha value is -2.98. The van der Waals surface area contributed by atoms with Crippen LogP contribution < -0.4 is 4.90 Å². The van der Waals surface area contributed by atoms with E-state index in [0.717, 1.165) is 38.5 Å². The molecule has 3 aromatic carbocycles. The third-order valence-electron chi connectivity index (χ3n) is 5.00. The van der Waals surface area contributed by atoms with E-state index in [1.54, 1.807) is 11.3 Å². The first-order chi connectivity index (χ1) is 14.1. The molecule has 0 aliphatic heterocycles. The summed E-state index contributed by atoms with van der Waals surface area (Å²) in [6.45, 7) is 4.72. The molecule has 0 N–H and O–H groups in total. The van der Waals surface area contributed by atoms with Crippen molar-refractivity contribution >= 4 is 32.6 Å². The minimum atomic E-state index is 0.0641. The number of rotatable bonds is 6. The van der Waals surface area contributed by atoms with Gasteiger partial charge < -0.3 is 0 Å². The summed E-state index contributed by atoms with van der Waals surface area (Å²) >= 11 is 1.59. The van der Waals surface area contributed by atoms with Crippen molar-refractivity contribution < 1.29 is 4.79 Å². The SMILES string of the molecule is CCc1ccc2nc(N(Cc3ccccc3)C(=O)Cc3cccc(C)c3)sc2c1. The van der Waals surface area contributed by atoms with Crippen LogP contribution in [0.3, 0.4) is 0 Å². The molecule has 4 aromatic rings. The van der Waals surface area contributed by atoms with E-state index < -0.39 is 0 Å². The molecular formula is C25H24N2OS. The van der Waals surface area contributed by atoms with E-state index in [2.05, 4.69) is 56.3 Å². The van der Waals surface area contributed by atoms with Crippen molar-refractivity contribution in [2.75, 3.05) is 4.90 Å². The lowest BCUT2D eigenvalue weighted by atomic mass is 10.1. The summed E-state index contributed by atoms with van der Waals surface area (Å²) in [7, 11) is 0. The molecule has 4 heteroatoms. The molecule has 0 aliphatic rings. The van der Waals surface area contributed by atoms with Gasteiger partial charge in [0.05, 0.1) is 23.2 Å². The van der Waals surface area contributed by atoms with E-state index in [-0.39, 0.29) is 5.91 Å². The minimum absolute atomic E-state index is 0.0641. The Balaban J connectivity index is 1.68. The first-order valence-electron chi connectivity index (χ1n) is 9.91. The average molecular weight is 401 g/mol. The lowest BCUT2D eigenvalue weighted by Gasteiger charge is -2.20. The number of carbonyl (C=O) groups excluding carboxylic acids is 1. The van der Waals surface area contributed by atoms with Crippen LogP contribution in [0.5, 0.6) is 0 Å². The smallest absolute Gasteiger partial charge is 0.233 e. The molecule has 29 heavy (non-hydrogen) atoms. The second-order valence-corrected chi connectivity index (χ2v) is 8.29. The van der Waals surface area contributed by atoms with Crippen molar-refractivity contribution in [3.8, 4) is 0 Å². The van der Waals surface area contributed by atoms with Gasteiger partial charge >= 0.3 is 0 Å². The maximum absolute atomic E-state index is 13.3. The Morgan fingerprint density at radius 1 is 0.931 bits per heavy atom. The Morgan fingerprint density at radius 2 is 1.72 bits per heavy atom. The van der Waals surface area contributed by atoms with Crippen molar-refractivity contribution in [2.24, 2.45) is 0 Å². The quantitative estimate of drug-likeness (QED) is 0.401. The maximum Gasteiger partial charge on any atom is 0.233 e. The second kappa shape index (κ2) is 8.58. The topological polar surface area (TPSA) is 33.2 Å². The molecule has 0 saturated heterocycles. The van der Waals surface area contributed by atoms with Crippen LogP contribution in [0.25, 0.3) is 10.2 Å². The predicted octanol–water partition coefficient (Wildman–Crippen LogP) is 5.94. The Morgan fingerprint density at radius 3 is 2.48 bits per heavy atom. The average Bonchev–Trinajstić information content (AvgIpc) is 3.15. The van der Waals surface area contributed by atoms with E-state index in [9.17, 15) is 4.79 Å². The lowest BCUT2D eigenvalue weighted by Crippen LogP contribution is -2.31. The van der Waals surface area contributed by atoms with Gasteiger partial charge in [0.2, 0.25) is 5.91 Å². The number of hydrogen-bond donors (Lipinski definition) is 0. The summed E-state index contributed by atoms with van der Waals surface area (Å²) in [5, 5.41) is 0.759. The lowest BCUT2D eigenvalue weighted by molar-refractivity contribution is -0.118. The molecule has 0 saturated carbocycles. The monoisotopic (exact) mass is 400 g/mol. The fourth-order valence-electron chi connectivity index (χ4n) is 3.41. The zero-order valence-electron chi connectivity index (χ0n) is 16.8. The maximum atomic E-state index is 13.3. The van der Waals surface area contributed by atoms with Crippen LogP contribution in [0.2, 0.25) is 0 Å². The highest BCUT2D eigenvalue weighted by atomic mass is 32.1. The number of hydrogen-bond acceptors (Lipinski definition) is 3. The van der Waals surface area contributed by atoms with Gasteiger partial charge in [0.25, 0.3) is 0 Å². The first-order valence-corrected chi connectivity index (χ1v) is 10.7. The Kier molecular flexibility index (Phi) is 5.72. The molecular weight excluding hydrogens is 376 g/mol. The number of thiazole rings is 1. The number of aryl methyl sites for hydroxylation is 2. The predicted molar refractivity (Wildman–Crippen MR) is 122 cm³/mol. The highest BCUT2D eigenvalue weighted by molar-refractivity contribution is 7.22. The number of benzene rings is 3. The second-order valence-electron chi connectivity index (χ2n) is 7.28. The fraction of sp³-hybridized carbons (Fsp3) is 0.200. The third kappa shape index (κ3) is 4.54. The third-order valence-corrected chi connectivity index (χ3v) is 6.04. The summed E-state index contributed by atoms with van der Waals surface area (Å²) < 4.78 is 1.13. The number of amides is 1. The van der Waals surface area contributed by atoms with Crippen molar-refractivity contribution in [2.45, 2.75) is 33.2 Å². The zero-order valence-corrected chi connectivity index (χ0v) is 17.6. The molecule has 0 aliphatic carbocycles. The van der Waals surface area contributed by atoms with Gasteiger partial charge in [-0.3, -0.25) is 9.69 Å². The van der Waals surface area contributed by atoms with Gasteiger partial charge in [0.15, 0.2) is 5.13 Å². The molecule has 146 valence electrons. The standard InChI is InChI=1S/C25H24N2OS/c1-3-19-12-13-22-23(15-19)29-25(26-22)27(17-20-9-5-4-6-10-20)24(28)16-21-11-7-8-18(2)14-21/h4-15H,3,16-17H2,1-2H3. The number of fused-ring (bicyclic) bond motifs is 1. The molecule has 0 radical (unpaired) electrons. The zero-order chi connectivity index (χ0) is 20.2. The number of carbonyl (C=O) groups is 1. The van der Waals surface area contributed by atoms with Crippen LogP contribution in [0.4, 0.5) is 5.13 Å². The van der Waals surface area contributed by atoms with Gasteiger partial charge in [-0.25, -0.2) is 4.98 Å². The van der Waals surface area contributed by atoms with Crippen molar-refractivity contribution in [1.82, 2.24) is 4.98 Å². The van der Waals surface area contributed by atoms with E-state index in [1.807, 2.05) is 35.2 Å². The summed E-state index contributed by atoms with van der Waals surface area (Å²) in [5.41, 5.74) is 5.52. The Bertz CT molecular complexity index is 1130. The fourth-order valence-corrected chi connectivity index (χ4v) is 4.46. The summed E-state index contributed by atoms with van der Waals surface area (Å²) in [4.78, 5) is 19.9. The normalized spacial score (nSPS) is 11.0. The number of aromatic nitrogens is 1. The van der Waals surface area contributed by atoms with Crippen LogP contribution in [-0.2, 0) is 24.2 Å². The molecule has 0 atom stereocenters. The number of anilines is 1. The molecule has 1 aromatic heterocycles. The minimum Gasteiger partial charge on any atom is -0.283 e. The Labute approximate surface area is 175 Å². The van der Waals surface area contributed by atoms with Gasteiger partial charge in [-0.2, -0.15) is 0 Å². The van der Waals surface area contributed by atoms with Crippen LogP contribution in [-0.4, -0.2) is 10.9 Å². The van der Waals surface area contributed by atoms with E-state index in [4.69, 9.17) is 4.98 Å². The van der Waals surface area contributed by atoms with Crippen LogP contribution >= 0.6 is 11.3 Å². The van der Waals surface area contributed by atoms with Crippen molar-refractivity contribution in [1.29, 1.82) is 0 Å². The van der Waals surface area contributed by atoms with Crippen molar-refractivity contribution in [3.05, 3.63) is 95.1 Å². The molecule has 0 bridgehead atoms. The van der Waals surface area contributed by atoms with Crippen LogP contribution in [0.15, 0.2) is 72.8 Å². The molecule has 0 spiro atoms. The van der Waals surface area contributed by atoms with Gasteiger partial charge in [-0.05, 0) is 42.2 Å². The van der Waals surface area contributed by atoms with Gasteiger partial charge in [-0.1, -0.05) is 84.5 Å². The first kappa shape index (κ1) is 19.3. The molecule has 0 unspecified atom stereocenters. The largest absolute Gasteiger partial charge is 0.283 e. The molecule has 4 rings (SSSR count). The summed E-state index contributed by atoms with van der Waals surface area (Å²) in [5.74, 6) is 0.0641. The van der Waals surface area contributed by atoms with E-state index in [1.165, 1.54) is 5.56 Å². The van der Waals surface area contributed by atoms with Crippen molar-refractivity contribution in [3.63, 3.8) is 0 Å². The molecule has 0 fully saturated rings. The molecule has 1 amide bonds.